The Balaban J connectivity index is 2.20. The molecule has 27 heavy (non-hydrogen) atoms. The van der Waals surface area contributed by atoms with Gasteiger partial charge in [0.05, 0.1) is 6.04 Å². The van der Waals surface area contributed by atoms with Gasteiger partial charge in [-0.15, -0.1) is 0 Å². The standard InChI is InChI=1S/C19H28BrF2N3O2/c1-12(2)10-13-11-24(8-9-25(13)18(26)27-19(3,4)5)15-7-6-14(20)16(23-15)17(21)22/h6-7,12-13,17H,8-11H2,1-5H3. The lowest BCUT2D eigenvalue weighted by molar-refractivity contribution is 0.0119. The van der Waals surface area contributed by atoms with Gasteiger partial charge in [-0.3, -0.25) is 0 Å². The molecular weight excluding hydrogens is 420 g/mol. The van der Waals surface area contributed by atoms with Crippen LogP contribution in [-0.4, -0.2) is 47.3 Å². The maximum atomic E-state index is 13.2. The lowest BCUT2D eigenvalue weighted by Gasteiger charge is -2.43. The molecule has 2 rings (SSSR count). The molecular formula is C19H28BrF2N3O2. The van der Waals surface area contributed by atoms with Gasteiger partial charge in [-0.25, -0.2) is 18.6 Å². The number of nitrogens with zero attached hydrogens (tertiary/aromatic N) is 3. The predicted molar refractivity (Wildman–Crippen MR) is 105 cm³/mol. The molecule has 1 aromatic rings. The molecule has 1 amide bonds. The van der Waals surface area contributed by atoms with Gasteiger partial charge in [-0.1, -0.05) is 13.8 Å². The summed E-state index contributed by atoms with van der Waals surface area (Å²) in [4.78, 5) is 20.5. The number of amides is 1. The molecule has 0 N–H and O–H groups in total. The maximum Gasteiger partial charge on any atom is 0.410 e. The van der Waals surface area contributed by atoms with E-state index in [1.165, 1.54) is 0 Å². The van der Waals surface area contributed by atoms with E-state index >= 15 is 0 Å². The van der Waals surface area contributed by atoms with Gasteiger partial charge < -0.3 is 14.5 Å². The molecule has 1 fully saturated rings. The molecule has 152 valence electrons. The van der Waals surface area contributed by atoms with Crippen LogP contribution in [0.2, 0.25) is 0 Å². The first kappa shape index (κ1) is 21.9. The van der Waals surface area contributed by atoms with Crippen molar-refractivity contribution in [2.45, 2.75) is 59.1 Å². The number of alkyl halides is 2. The Morgan fingerprint density at radius 2 is 2.00 bits per heavy atom. The van der Waals surface area contributed by atoms with Gasteiger partial charge >= 0.3 is 6.09 Å². The average molecular weight is 448 g/mol. The van der Waals surface area contributed by atoms with Crippen molar-refractivity contribution in [1.82, 2.24) is 9.88 Å². The fourth-order valence-electron chi connectivity index (χ4n) is 3.15. The minimum Gasteiger partial charge on any atom is -0.444 e. The highest BCUT2D eigenvalue weighted by molar-refractivity contribution is 9.10. The summed E-state index contributed by atoms with van der Waals surface area (Å²) in [6.07, 6.45) is -2.17. The Hall–Kier alpha value is -1.44. The first-order valence-electron chi connectivity index (χ1n) is 9.17. The van der Waals surface area contributed by atoms with E-state index < -0.39 is 12.0 Å². The lowest BCUT2D eigenvalue weighted by atomic mass is 10.00. The van der Waals surface area contributed by atoms with E-state index in [9.17, 15) is 13.6 Å². The molecule has 1 unspecified atom stereocenters. The lowest BCUT2D eigenvalue weighted by Crippen LogP contribution is -2.56. The molecule has 1 aromatic heterocycles. The minimum atomic E-state index is -2.64. The van der Waals surface area contributed by atoms with Crippen LogP contribution in [0.3, 0.4) is 0 Å². The molecule has 1 aliphatic heterocycles. The molecule has 1 saturated heterocycles. The summed E-state index contributed by atoms with van der Waals surface area (Å²) < 4.78 is 32.2. The van der Waals surface area contributed by atoms with Crippen molar-refractivity contribution in [3.63, 3.8) is 0 Å². The molecule has 8 heteroatoms. The zero-order valence-electron chi connectivity index (χ0n) is 16.5. The number of rotatable bonds is 4. The van der Waals surface area contributed by atoms with E-state index in [0.717, 1.165) is 6.42 Å². The SMILES string of the molecule is CC(C)CC1CN(c2ccc(Br)c(C(F)F)n2)CCN1C(=O)OC(C)(C)C. The molecule has 0 saturated carbocycles. The van der Waals surface area contributed by atoms with Crippen LogP contribution in [0.15, 0.2) is 16.6 Å². The van der Waals surface area contributed by atoms with Crippen LogP contribution < -0.4 is 4.90 Å². The molecule has 0 bridgehead atoms. The molecule has 1 atom stereocenters. The molecule has 0 aliphatic carbocycles. The highest BCUT2D eigenvalue weighted by Gasteiger charge is 2.34. The highest BCUT2D eigenvalue weighted by Crippen LogP contribution is 2.29. The van der Waals surface area contributed by atoms with Crippen LogP contribution >= 0.6 is 15.9 Å². The second-order valence-corrected chi connectivity index (χ2v) is 9.09. The van der Waals surface area contributed by atoms with E-state index in [0.29, 0.717) is 35.8 Å². The van der Waals surface area contributed by atoms with Crippen molar-refractivity contribution in [2.75, 3.05) is 24.5 Å². The number of halogens is 3. The summed E-state index contributed by atoms with van der Waals surface area (Å²) in [6.45, 7) is 11.2. The highest BCUT2D eigenvalue weighted by atomic mass is 79.9. The van der Waals surface area contributed by atoms with E-state index in [-0.39, 0.29) is 17.8 Å². The molecule has 0 radical (unpaired) electrons. The Kier molecular flexibility index (Phi) is 7.05. The van der Waals surface area contributed by atoms with Crippen molar-refractivity contribution >= 4 is 27.8 Å². The van der Waals surface area contributed by atoms with Gasteiger partial charge in [0.25, 0.3) is 6.43 Å². The van der Waals surface area contributed by atoms with Crippen LogP contribution in [-0.2, 0) is 4.74 Å². The van der Waals surface area contributed by atoms with Crippen molar-refractivity contribution in [2.24, 2.45) is 5.92 Å². The van der Waals surface area contributed by atoms with E-state index in [4.69, 9.17) is 4.74 Å². The molecule has 0 spiro atoms. The van der Waals surface area contributed by atoms with Crippen LogP contribution in [0, 0.1) is 5.92 Å². The third kappa shape index (κ3) is 6.02. The van der Waals surface area contributed by atoms with E-state index in [2.05, 4.69) is 34.8 Å². The van der Waals surface area contributed by atoms with Crippen molar-refractivity contribution < 1.29 is 18.3 Å². The van der Waals surface area contributed by atoms with Crippen molar-refractivity contribution in [3.8, 4) is 0 Å². The summed E-state index contributed by atoms with van der Waals surface area (Å²) >= 11 is 3.13. The summed E-state index contributed by atoms with van der Waals surface area (Å²) in [7, 11) is 0. The molecule has 5 nitrogen and oxygen atoms in total. The smallest absolute Gasteiger partial charge is 0.410 e. The van der Waals surface area contributed by atoms with Gasteiger partial charge in [0, 0.05) is 24.1 Å². The number of anilines is 1. The Morgan fingerprint density at radius 3 is 2.56 bits per heavy atom. The van der Waals surface area contributed by atoms with Gasteiger partial charge in [0.2, 0.25) is 0 Å². The predicted octanol–water partition coefficient (Wildman–Crippen LogP) is 5.25. The largest absolute Gasteiger partial charge is 0.444 e. The molecule has 1 aliphatic rings. The number of aromatic nitrogens is 1. The fourth-order valence-corrected chi connectivity index (χ4v) is 3.54. The van der Waals surface area contributed by atoms with Gasteiger partial charge in [-0.2, -0.15) is 0 Å². The van der Waals surface area contributed by atoms with Crippen LogP contribution in [0.4, 0.5) is 19.4 Å². The molecule has 0 aromatic carbocycles. The normalized spacial score (nSPS) is 18.4. The second-order valence-electron chi connectivity index (χ2n) is 8.24. The van der Waals surface area contributed by atoms with E-state index in [1.807, 2.05) is 25.7 Å². The number of piperazine rings is 1. The Labute approximate surface area is 168 Å². The van der Waals surface area contributed by atoms with Gasteiger partial charge in [-0.05, 0) is 61.2 Å². The Bertz CT molecular complexity index is 665. The monoisotopic (exact) mass is 447 g/mol. The van der Waals surface area contributed by atoms with Crippen LogP contribution in [0.1, 0.15) is 53.2 Å². The summed E-state index contributed by atoms with van der Waals surface area (Å²) in [6, 6.07) is 3.27. The summed E-state index contributed by atoms with van der Waals surface area (Å²) in [5.74, 6) is 0.889. The number of carbonyl (C=O) groups excluding carboxylic acids is 1. The van der Waals surface area contributed by atoms with Crippen LogP contribution in [0.25, 0.3) is 0 Å². The Morgan fingerprint density at radius 1 is 1.33 bits per heavy atom. The number of hydrogen-bond donors (Lipinski definition) is 0. The number of pyridine rings is 1. The topological polar surface area (TPSA) is 45.7 Å². The van der Waals surface area contributed by atoms with E-state index in [1.54, 1.807) is 17.0 Å². The third-order valence-corrected chi connectivity index (χ3v) is 4.91. The number of hydrogen-bond acceptors (Lipinski definition) is 4. The summed E-state index contributed by atoms with van der Waals surface area (Å²) in [5.41, 5.74) is -0.821. The van der Waals surface area contributed by atoms with Gasteiger partial charge in [0.1, 0.15) is 17.1 Å². The van der Waals surface area contributed by atoms with Crippen LogP contribution in [0.5, 0.6) is 0 Å². The van der Waals surface area contributed by atoms with Gasteiger partial charge in [0.15, 0.2) is 0 Å². The first-order chi connectivity index (χ1) is 12.5. The molecule has 2 heterocycles. The first-order valence-corrected chi connectivity index (χ1v) is 9.96. The summed E-state index contributed by atoms with van der Waals surface area (Å²) in [5, 5.41) is 0. The number of ether oxygens (including phenoxy) is 1. The quantitative estimate of drug-likeness (QED) is 0.631. The fraction of sp³-hybridized carbons (Fsp3) is 0.684. The third-order valence-electron chi connectivity index (χ3n) is 4.24. The zero-order valence-corrected chi connectivity index (χ0v) is 18.1. The number of carbonyl (C=O) groups is 1. The average Bonchev–Trinajstić information content (AvgIpc) is 2.52. The van der Waals surface area contributed by atoms with Crippen molar-refractivity contribution in [3.05, 3.63) is 22.3 Å². The second kappa shape index (κ2) is 8.71. The maximum absolute atomic E-state index is 13.2. The van der Waals surface area contributed by atoms with Crippen molar-refractivity contribution in [1.29, 1.82) is 0 Å². The zero-order chi connectivity index (χ0) is 20.4. The minimum absolute atomic E-state index is 0.0611.